The topological polar surface area (TPSA) is 64.6 Å². The van der Waals surface area contributed by atoms with E-state index in [0.29, 0.717) is 5.69 Å². The lowest BCUT2D eigenvalue weighted by Crippen LogP contribution is -2.21. The number of ether oxygens (including phenoxy) is 2. The molecule has 0 atom stereocenters. The molecule has 7 heteroatoms. The third-order valence-corrected chi connectivity index (χ3v) is 3.31. The summed E-state index contributed by atoms with van der Waals surface area (Å²) in [6.45, 7) is 0.406. The minimum absolute atomic E-state index is 0.0702. The van der Waals surface area contributed by atoms with Crippen molar-refractivity contribution >= 4 is 17.6 Å². The van der Waals surface area contributed by atoms with Gasteiger partial charge in [-0.15, -0.1) is 0 Å². The third kappa shape index (κ3) is 5.56. The summed E-state index contributed by atoms with van der Waals surface area (Å²) in [6, 6.07) is 10.6. The minimum Gasteiger partial charge on any atom is -0.452 e. The standard InChI is InChI=1S/C18H17F2NO4/c1-11-3-8-15(12(2)9-11)21-16(22)10-24-17(23)13-4-6-14(7-5-13)25-18(19)20/h3-9,18H,10H2,1-2H3,(H,21,22). The van der Waals surface area contributed by atoms with Crippen LogP contribution in [0.15, 0.2) is 42.5 Å². The fraction of sp³-hybridized carbons (Fsp3) is 0.222. The van der Waals surface area contributed by atoms with Crippen LogP contribution in [-0.4, -0.2) is 25.1 Å². The van der Waals surface area contributed by atoms with Gasteiger partial charge in [0.25, 0.3) is 5.91 Å². The van der Waals surface area contributed by atoms with Crippen LogP contribution in [0.4, 0.5) is 14.5 Å². The van der Waals surface area contributed by atoms with Gasteiger partial charge in [0.1, 0.15) is 5.75 Å². The van der Waals surface area contributed by atoms with Crippen molar-refractivity contribution in [3.8, 4) is 5.75 Å². The molecule has 5 nitrogen and oxygen atoms in total. The molecule has 0 heterocycles. The van der Waals surface area contributed by atoms with E-state index in [-0.39, 0.29) is 11.3 Å². The van der Waals surface area contributed by atoms with E-state index in [1.54, 1.807) is 6.07 Å². The second kappa shape index (κ2) is 8.23. The molecule has 0 aromatic heterocycles. The van der Waals surface area contributed by atoms with Crippen molar-refractivity contribution in [3.63, 3.8) is 0 Å². The van der Waals surface area contributed by atoms with Crippen molar-refractivity contribution in [2.75, 3.05) is 11.9 Å². The Balaban J connectivity index is 1.87. The van der Waals surface area contributed by atoms with Gasteiger partial charge >= 0.3 is 12.6 Å². The lowest BCUT2D eigenvalue weighted by Gasteiger charge is -2.10. The monoisotopic (exact) mass is 349 g/mol. The molecule has 2 rings (SSSR count). The summed E-state index contributed by atoms with van der Waals surface area (Å²) >= 11 is 0. The van der Waals surface area contributed by atoms with Gasteiger partial charge in [-0.1, -0.05) is 17.7 Å². The summed E-state index contributed by atoms with van der Waals surface area (Å²) in [5.74, 6) is -1.28. The molecule has 0 unspecified atom stereocenters. The SMILES string of the molecule is Cc1ccc(NC(=O)COC(=O)c2ccc(OC(F)F)cc2)c(C)c1. The third-order valence-electron chi connectivity index (χ3n) is 3.31. The summed E-state index contributed by atoms with van der Waals surface area (Å²) in [5.41, 5.74) is 2.73. The predicted octanol–water partition coefficient (Wildman–Crippen LogP) is 3.70. The summed E-state index contributed by atoms with van der Waals surface area (Å²) < 4.78 is 33.2. The second-order valence-electron chi connectivity index (χ2n) is 5.35. The molecule has 0 saturated carbocycles. The predicted molar refractivity (Wildman–Crippen MR) is 87.9 cm³/mol. The molecule has 2 aromatic carbocycles. The van der Waals surface area contributed by atoms with Gasteiger partial charge in [-0.2, -0.15) is 8.78 Å². The summed E-state index contributed by atoms with van der Waals surface area (Å²) in [7, 11) is 0. The summed E-state index contributed by atoms with van der Waals surface area (Å²) in [6.07, 6.45) is 0. The molecule has 0 saturated heterocycles. The quantitative estimate of drug-likeness (QED) is 0.808. The number of rotatable bonds is 6. The van der Waals surface area contributed by atoms with E-state index >= 15 is 0 Å². The van der Waals surface area contributed by atoms with E-state index in [0.717, 1.165) is 11.1 Å². The molecule has 0 aliphatic heterocycles. The fourth-order valence-corrected chi connectivity index (χ4v) is 2.13. The van der Waals surface area contributed by atoms with Crippen molar-refractivity contribution < 1.29 is 27.8 Å². The molecule has 0 spiro atoms. The number of alkyl halides is 2. The number of aryl methyl sites for hydroxylation is 2. The highest BCUT2D eigenvalue weighted by Crippen LogP contribution is 2.17. The van der Waals surface area contributed by atoms with Gasteiger partial charge in [0.15, 0.2) is 6.61 Å². The number of benzene rings is 2. The molecule has 0 bridgehead atoms. The first-order valence-electron chi connectivity index (χ1n) is 7.44. The van der Waals surface area contributed by atoms with E-state index in [1.165, 1.54) is 24.3 Å². The molecular weight excluding hydrogens is 332 g/mol. The number of hydrogen-bond donors (Lipinski definition) is 1. The van der Waals surface area contributed by atoms with E-state index in [2.05, 4.69) is 10.1 Å². The van der Waals surface area contributed by atoms with Gasteiger partial charge in [0.2, 0.25) is 0 Å². The Morgan fingerprint density at radius 3 is 2.36 bits per heavy atom. The van der Waals surface area contributed by atoms with Gasteiger partial charge in [-0.05, 0) is 49.7 Å². The highest BCUT2D eigenvalue weighted by Gasteiger charge is 2.12. The van der Waals surface area contributed by atoms with Crippen LogP contribution in [0, 0.1) is 13.8 Å². The van der Waals surface area contributed by atoms with Gasteiger partial charge < -0.3 is 14.8 Å². The largest absolute Gasteiger partial charge is 0.452 e. The Morgan fingerprint density at radius 1 is 1.08 bits per heavy atom. The van der Waals surface area contributed by atoms with Gasteiger partial charge in [0.05, 0.1) is 5.56 Å². The van der Waals surface area contributed by atoms with Crippen LogP contribution in [0.2, 0.25) is 0 Å². The number of hydrogen-bond acceptors (Lipinski definition) is 4. The van der Waals surface area contributed by atoms with Gasteiger partial charge in [-0.25, -0.2) is 4.79 Å². The lowest BCUT2D eigenvalue weighted by atomic mass is 10.1. The van der Waals surface area contributed by atoms with Crippen molar-refractivity contribution in [2.24, 2.45) is 0 Å². The first kappa shape index (κ1) is 18.4. The Morgan fingerprint density at radius 2 is 1.76 bits per heavy atom. The van der Waals surface area contributed by atoms with E-state index in [4.69, 9.17) is 4.74 Å². The Kier molecular flexibility index (Phi) is 6.05. The molecule has 132 valence electrons. The van der Waals surface area contributed by atoms with Crippen LogP contribution in [0.5, 0.6) is 5.75 Å². The van der Waals surface area contributed by atoms with Crippen molar-refractivity contribution in [1.29, 1.82) is 0 Å². The number of anilines is 1. The maximum absolute atomic E-state index is 12.1. The Bertz CT molecular complexity index is 760. The van der Waals surface area contributed by atoms with E-state index < -0.39 is 25.1 Å². The van der Waals surface area contributed by atoms with E-state index in [1.807, 2.05) is 26.0 Å². The number of carbonyl (C=O) groups excluding carboxylic acids is 2. The Labute approximate surface area is 143 Å². The summed E-state index contributed by atoms with van der Waals surface area (Å²) in [5, 5.41) is 2.66. The average Bonchev–Trinajstić information content (AvgIpc) is 2.55. The van der Waals surface area contributed by atoms with Crippen LogP contribution in [-0.2, 0) is 9.53 Å². The average molecular weight is 349 g/mol. The number of amides is 1. The zero-order valence-corrected chi connectivity index (χ0v) is 13.7. The molecule has 2 aromatic rings. The van der Waals surface area contributed by atoms with Crippen LogP contribution >= 0.6 is 0 Å². The van der Waals surface area contributed by atoms with Gasteiger partial charge in [0, 0.05) is 5.69 Å². The number of esters is 1. The smallest absolute Gasteiger partial charge is 0.387 e. The fourth-order valence-electron chi connectivity index (χ4n) is 2.13. The molecule has 0 aliphatic carbocycles. The maximum atomic E-state index is 12.1. The number of halogens is 2. The van der Waals surface area contributed by atoms with Crippen LogP contribution in [0.1, 0.15) is 21.5 Å². The zero-order chi connectivity index (χ0) is 18.4. The number of nitrogens with one attached hydrogen (secondary N) is 1. The molecule has 0 radical (unpaired) electrons. The summed E-state index contributed by atoms with van der Waals surface area (Å²) in [4.78, 5) is 23.7. The van der Waals surface area contributed by atoms with Crippen LogP contribution < -0.4 is 10.1 Å². The zero-order valence-electron chi connectivity index (χ0n) is 13.7. The maximum Gasteiger partial charge on any atom is 0.387 e. The van der Waals surface area contributed by atoms with Crippen LogP contribution in [0.3, 0.4) is 0 Å². The molecular formula is C18H17F2NO4. The molecule has 25 heavy (non-hydrogen) atoms. The Hall–Kier alpha value is -2.96. The minimum atomic E-state index is -2.94. The van der Waals surface area contributed by atoms with Crippen molar-refractivity contribution in [1.82, 2.24) is 0 Å². The first-order valence-corrected chi connectivity index (χ1v) is 7.44. The molecule has 0 aliphatic rings. The second-order valence-corrected chi connectivity index (χ2v) is 5.35. The normalized spacial score (nSPS) is 10.4. The number of carbonyl (C=O) groups is 2. The van der Waals surface area contributed by atoms with E-state index in [9.17, 15) is 18.4 Å². The lowest BCUT2D eigenvalue weighted by molar-refractivity contribution is -0.119. The van der Waals surface area contributed by atoms with Gasteiger partial charge in [-0.3, -0.25) is 4.79 Å². The van der Waals surface area contributed by atoms with Crippen molar-refractivity contribution in [3.05, 3.63) is 59.2 Å². The highest BCUT2D eigenvalue weighted by atomic mass is 19.3. The molecule has 0 fully saturated rings. The molecule has 1 amide bonds. The van der Waals surface area contributed by atoms with Crippen LogP contribution in [0.25, 0.3) is 0 Å². The molecule has 1 N–H and O–H groups in total. The highest BCUT2D eigenvalue weighted by molar-refractivity contribution is 5.95. The first-order chi connectivity index (χ1) is 11.8. The van der Waals surface area contributed by atoms with Crippen molar-refractivity contribution in [2.45, 2.75) is 20.5 Å².